The van der Waals surface area contributed by atoms with E-state index in [1.54, 1.807) is 6.07 Å². The molecule has 0 unspecified atom stereocenters. The van der Waals surface area contributed by atoms with Crippen LogP contribution < -0.4 is 15.4 Å². The first-order chi connectivity index (χ1) is 15.9. The van der Waals surface area contributed by atoms with Gasteiger partial charge in [0.25, 0.3) is 0 Å². The molecule has 0 radical (unpaired) electrons. The highest BCUT2D eigenvalue weighted by Gasteiger charge is 2.26. The topological polar surface area (TPSA) is 104 Å². The van der Waals surface area contributed by atoms with Gasteiger partial charge in [-0.05, 0) is 43.1 Å². The van der Waals surface area contributed by atoms with Crippen LogP contribution in [0, 0.1) is 0 Å². The Morgan fingerprint density at radius 2 is 1.76 bits per heavy atom. The lowest BCUT2D eigenvalue weighted by molar-refractivity contribution is 0.312. The van der Waals surface area contributed by atoms with Gasteiger partial charge in [-0.15, -0.1) is 0 Å². The number of likely N-dealkylation sites (N-methyl/N-ethyl adjacent to an activating group) is 1. The van der Waals surface area contributed by atoms with E-state index < -0.39 is 10.0 Å². The van der Waals surface area contributed by atoms with E-state index in [2.05, 4.69) is 31.5 Å². The third-order valence-electron chi connectivity index (χ3n) is 6.28. The van der Waals surface area contributed by atoms with Crippen LogP contribution in [0.25, 0.3) is 11.3 Å². The van der Waals surface area contributed by atoms with Gasteiger partial charge in [0.05, 0.1) is 11.4 Å². The van der Waals surface area contributed by atoms with Crippen molar-refractivity contribution < 1.29 is 8.42 Å². The molecule has 0 bridgehead atoms. The number of hydrogen-bond donors (Lipinski definition) is 2. The predicted molar refractivity (Wildman–Crippen MR) is 132 cm³/mol. The van der Waals surface area contributed by atoms with Crippen molar-refractivity contribution in [1.82, 2.24) is 14.9 Å². The molecule has 1 aliphatic heterocycles. The third kappa shape index (κ3) is 4.65. The second kappa shape index (κ2) is 8.64. The number of aromatic nitrogens is 2. The highest BCUT2D eigenvalue weighted by Crippen LogP contribution is 2.38. The van der Waals surface area contributed by atoms with Gasteiger partial charge in [0.15, 0.2) is 0 Å². The van der Waals surface area contributed by atoms with Crippen LogP contribution in [0.2, 0.25) is 0 Å². The van der Waals surface area contributed by atoms with E-state index in [-0.39, 0.29) is 11.7 Å². The fraction of sp³-hybridized carbons (Fsp3) is 0.333. The van der Waals surface area contributed by atoms with Gasteiger partial charge in [-0.2, -0.15) is 4.98 Å². The fourth-order valence-corrected chi connectivity index (χ4v) is 5.78. The predicted octanol–water partition coefficient (Wildman–Crippen LogP) is 2.52. The highest BCUT2D eigenvalue weighted by molar-refractivity contribution is 7.91. The second-order valence-corrected chi connectivity index (χ2v) is 10.5. The maximum atomic E-state index is 12.7. The standard InChI is InChI=1S/C24H28N6O2S/c1-29-11-13-30(14-12-29)23-21-9-7-18-15-19(8-10-20(18)22(21)26-24(25)27-23)28-33(31,32)16-17-5-3-2-4-6-17/h2-6,8,10,15,28H,7,9,11-14,16H2,1H3,(H2,25,26,27). The van der Waals surface area contributed by atoms with Crippen LogP contribution in [0.4, 0.5) is 17.5 Å². The average Bonchev–Trinajstić information content (AvgIpc) is 2.79. The molecule has 5 rings (SSSR count). The zero-order valence-electron chi connectivity index (χ0n) is 18.7. The summed E-state index contributed by atoms with van der Waals surface area (Å²) in [5.74, 6) is 1.14. The van der Waals surface area contributed by atoms with Crippen LogP contribution in [-0.4, -0.2) is 56.5 Å². The molecule has 0 spiro atoms. The summed E-state index contributed by atoms with van der Waals surface area (Å²) in [4.78, 5) is 13.8. The number of fused-ring (bicyclic) bond motifs is 3. The molecule has 0 amide bonds. The maximum Gasteiger partial charge on any atom is 0.236 e. The van der Waals surface area contributed by atoms with Gasteiger partial charge in [-0.25, -0.2) is 13.4 Å². The number of rotatable bonds is 5. The van der Waals surface area contributed by atoms with Crippen LogP contribution in [0.3, 0.4) is 0 Å². The third-order valence-corrected chi connectivity index (χ3v) is 7.54. The number of aryl methyl sites for hydroxylation is 1. The number of nitrogens with one attached hydrogen (secondary N) is 1. The minimum absolute atomic E-state index is 0.0636. The van der Waals surface area contributed by atoms with Crippen molar-refractivity contribution in [1.29, 1.82) is 0 Å². The Morgan fingerprint density at radius 1 is 1.00 bits per heavy atom. The number of piperazine rings is 1. The van der Waals surface area contributed by atoms with Gasteiger partial charge in [0, 0.05) is 43.0 Å². The van der Waals surface area contributed by atoms with E-state index >= 15 is 0 Å². The van der Waals surface area contributed by atoms with Crippen molar-refractivity contribution in [3.8, 4) is 11.3 Å². The molecule has 1 aliphatic carbocycles. The first-order valence-electron chi connectivity index (χ1n) is 11.2. The summed E-state index contributed by atoms with van der Waals surface area (Å²) in [6.07, 6.45) is 1.59. The van der Waals surface area contributed by atoms with Crippen LogP contribution in [0.15, 0.2) is 48.5 Å². The summed E-state index contributed by atoms with van der Waals surface area (Å²) in [6.45, 7) is 3.80. The van der Waals surface area contributed by atoms with Gasteiger partial charge in [-0.3, -0.25) is 4.72 Å². The van der Waals surface area contributed by atoms with Gasteiger partial charge >= 0.3 is 0 Å². The van der Waals surface area contributed by atoms with E-state index in [4.69, 9.17) is 5.73 Å². The van der Waals surface area contributed by atoms with E-state index in [0.29, 0.717) is 5.69 Å². The molecule has 1 aromatic heterocycles. The maximum absolute atomic E-state index is 12.7. The summed E-state index contributed by atoms with van der Waals surface area (Å²) in [5, 5.41) is 0. The average molecular weight is 465 g/mol. The molecule has 0 atom stereocenters. The summed E-state index contributed by atoms with van der Waals surface area (Å²) in [6, 6.07) is 14.8. The lowest BCUT2D eigenvalue weighted by Gasteiger charge is -2.35. The Morgan fingerprint density at radius 3 is 2.52 bits per heavy atom. The van der Waals surface area contributed by atoms with Gasteiger partial charge in [-0.1, -0.05) is 36.4 Å². The zero-order chi connectivity index (χ0) is 23.0. The van der Waals surface area contributed by atoms with Gasteiger partial charge in [0.1, 0.15) is 5.82 Å². The SMILES string of the molecule is CN1CCN(c2nc(N)nc3c2CCc2cc(NS(=O)(=O)Cc4ccccc4)ccc2-3)CC1. The molecule has 3 N–H and O–H groups in total. The number of hydrogen-bond acceptors (Lipinski definition) is 7. The molecule has 172 valence electrons. The molecule has 2 aliphatic rings. The minimum atomic E-state index is -3.51. The summed E-state index contributed by atoms with van der Waals surface area (Å²) in [7, 11) is -1.39. The minimum Gasteiger partial charge on any atom is -0.368 e. The summed E-state index contributed by atoms with van der Waals surface area (Å²) < 4.78 is 28.1. The molecule has 1 fully saturated rings. The van der Waals surface area contributed by atoms with Crippen molar-refractivity contribution >= 4 is 27.5 Å². The van der Waals surface area contributed by atoms with Crippen molar-refractivity contribution in [3.63, 3.8) is 0 Å². The Bertz CT molecular complexity index is 1270. The van der Waals surface area contributed by atoms with Crippen LogP contribution in [0.5, 0.6) is 0 Å². The number of sulfonamides is 1. The Balaban J connectivity index is 1.42. The van der Waals surface area contributed by atoms with Crippen LogP contribution >= 0.6 is 0 Å². The van der Waals surface area contributed by atoms with E-state index in [0.717, 1.165) is 72.8 Å². The molecule has 0 saturated carbocycles. The molecule has 2 heterocycles. The Hall–Kier alpha value is -3.17. The summed E-state index contributed by atoms with van der Waals surface area (Å²) in [5.41, 5.74) is 11.5. The number of anilines is 3. The monoisotopic (exact) mass is 464 g/mol. The van der Waals surface area contributed by atoms with E-state index in [1.807, 2.05) is 42.5 Å². The van der Waals surface area contributed by atoms with Crippen molar-refractivity contribution in [2.24, 2.45) is 0 Å². The van der Waals surface area contributed by atoms with Crippen molar-refractivity contribution in [2.75, 3.05) is 48.6 Å². The molecule has 8 nitrogen and oxygen atoms in total. The molecular formula is C24H28N6O2S. The quantitative estimate of drug-likeness (QED) is 0.598. The van der Waals surface area contributed by atoms with E-state index in [1.165, 1.54) is 0 Å². The number of benzene rings is 2. The van der Waals surface area contributed by atoms with Crippen molar-refractivity contribution in [2.45, 2.75) is 18.6 Å². The molecule has 1 saturated heterocycles. The lowest BCUT2D eigenvalue weighted by Crippen LogP contribution is -2.45. The first kappa shape index (κ1) is 21.7. The Labute approximate surface area is 194 Å². The first-order valence-corrected chi connectivity index (χ1v) is 12.8. The van der Waals surface area contributed by atoms with Gasteiger partial charge < -0.3 is 15.5 Å². The molecule has 2 aromatic carbocycles. The molecule has 33 heavy (non-hydrogen) atoms. The normalized spacial score (nSPS) is 16.2. The zero-order valence-corrected chi connectivity index (χ0v) is 19.5. The molecule has 9 heteroatoms. The number of nitrogens with zero attached hydrogens (tertiary/aromatic N) is 4. The summed E-state index contributed by atoms with van der Waals surface area (Å²) >= 11 is 0. The lowest BCUT2D eigenvalue weighted by atomic mass is 9.88. The number of nitrogen functional groups attached to an aromatic ring is 1. The molecule has 3 aromatic rings. The second-order valence-electron chi connectivity index (χ2n) is 8.74. The fourth-order valence-electron chi connectivity index (χ4n) is 4.59. The van der Waals surface area contributed by atoms with Crippen LogP contribution in [-0.2, 0) is 28.6 Å². The Kier molecular flexibility index (Phi) is 5.67. The molecular weight excluding hydrogens is 436 g/mol. The smallest absolute Gasteiger partial charge is 0.236 e. The highest BCUT2D eigenvalue weighted by atomic mass is 32.2. The largest absolute Gasteiger partial charge is 0.368 e. The number of nitrogens with two attached hydrogens (primary N) is 1. The van der Waals surface area contributed by atoms with E-state index in [9.17, 15) is 8.42 Å². The van der Waals surface area contributed by atoms with Crippen LogP contribution in [0.1, 0.15) is 16.7 Å². The van der Waals surface area contributed by atoms with Gasteiger partial charge in [0.2, 0.25) is 16.0 Å². The van der Waals surface area contributed by atoms with Crippen molar-refractivity contribution in [3.05, 3.63) is 65.2 Å².